The predicted octanol–water partition coefficient (Wildman–Crippen LogP) is -4.79. The molecule has 2 unspecified atom stereocenters. The number of hydrogen-bond acceptors (Lipinski definition) is 10. The van der Waals surface area contributed by atoms with Gasteiger partial charge in [-0.25, -0.2) is 0 Å². The van der Waals surface area contributed by atoms with Crippen LogP contribution in [0.5, 0.6) is 0 Å². The standard InChI is InChI=1S/C14H20N6O6/c15-13(16)3-23-7-1-19(21)9(11(7)25-5-13)10-12-8(2-20(10)22)24-4-14(17,18)6-26-12/h1-2,19-20H,3-6,15-18H2. The van der Waals surface area contributed by atoms with Crippen molar-refractivity contribution >= 4 is 0 Å². The Kier molecular flexibility index (Phi) is 3.76. The minimum absolute atomic E-state index is 0.00842. The number of hydrogen-bond donors (Lipinski definition) is 6. The van der Waals surface area contributed by atoms with Crippen LogP contribution in [0.25, 0.3) is 0 Å². The van der Waals surface area contributed by atoms with Gasteiger partial charge in [0.2, 0.25) is 34.4 Å². The smallest absolute Gasteiger partial charge is 0.248 e. The fourth-order valence-electron chi connectivity index (χ4n) is 2.88. The molecule has 2 saturated heterocycles. The van der Waals surface area contributed by atoms with Gasteiger partial charge in [-0.15, -0.1) is 0 Å². The van der Waals surface area contributed by atoms with Crippen LogP contribution in [0, 0.1) is 10.4 Å². The largest absolute Gasteiger partial charge is 0.623 e. The number of rotatable bonds is 1. The first-order chi connectivity index (χ1) is 12.2. The molecule has 2 atom stereocenters. The van der Waals surface area contributed by atoms with Crippen LogP contribution in [0.2, 0.25) is 0 Å². The maximum Gasteiger partial charge on any atom is 0.248 e. The number of nitrogens with one attached hydrogen (secondary N) is 2. The number of quaternary nitrogens is 2. The van der Waals surface area contributed by atoms with E-state index in [0.29, 0.717) is 0 Å². The molecule has 0 spiro atoms. The zero-order valence-electron chi connectivity index (χ0n) is 13.7. The molecule has 0 amide bonds. The third-order valence-electron chi connectivity index (χ3n) is 4.13. The van der Waals surface area contributed by atoms with Gasteiger partial charge in [0.25, 0.3) is 0 Å². The fraction of sp³-hybridized carbons (Fsp3) is 0.429. The summed E-state index contributed by atoms with van der Waals surface area (Å²) in [5.41, 5.74) is 20.9. The monoisotopic (exact) mass is 368 g/mol. The first-order valence-corrected chi connectivity index (χ1v) is 7.85. The molecule has 0 aromatic rings. The second-order valence-electron chi connectivity index (χ2n) is 6.77. The Morgan fingerprint density at radius 1 is 0.692 bits per heavy atom. The van der Waals surface area contributed by atoms with Crippen molar-refractivity contribution in [2.45, 2.75) is 11.3 Å². The zero-order valence-corrected chi connectivity index (χ0v) is 13.7. The molecule has 4 rings (SSSR count). The van der Waals surface area contributed by atoms with E-state index < -0.39 is 21.5 Å². The Morgan fingerprint density at radius 3 is 1.42 bits per heavy atom. The molecule has 0 aliphatic carbocycles. The lowest BCUT2D eigenvalue weighted by Gasteiger charge is -2.24. The minimum Gasteiger partial charge on any atom is -0.623 e. The van der Waals surface area contributed by atoms with Gasteiger partial charge < -0.3 is 62.4 Å². The van der Waals surface area contributed by atoms with Crippen molar-refractivity contribution in [3.05, 3.63) is 57.2 Å². The molecule has 12 nitrogen and oxygen atoms in total. The topological polar surface area (TPSA) is 196 Å². The van der Waals surface area contributed by atoms with Crippen molar-refractivity contribution in [2.75, 3.05) is 26.4 Å². The van der Waals surface area contributed by atoms with Crippen molar-refractivity contribution < 1.29 is 29.1 Å². The van der Waals surface area contributed by atoms with Crippen LogP contribution in [0.3, 0.4) is 0 Å². The third-order valence-corrected chi connectivity index (χ3v) is 4.13. The molecule has 4 aliphatic rings. The van der Waals surface area contributed by atoms with Crippen molar-refractivity contribution in [1.82, 2.24) is 0 Å². The first-order valence-electron chi connectivity index (χ1n) is 7.85. The van der Waals surface area contributed by atoms with Gasteiger partial charge in [-0.1, -0.05) is 0 Å². The molecule has 4 heterocycles. The molecular formula is C14H20N6O6. The van der Waals surface area contributed by atoms with Gasteiger partial charge >= 0.3 is 0 Å². The number of fused-ring (bicyclic) bond motifs is 2. The molecule has 0 radical (unpaired) electrons. The van der Waals surface area contributed by atoms with Gasteiger partial charge in [0.05, 0.1) is 0 Å². The molecule has 10 N–H and O–H groups in total. The van der Waals surface area contributed by atoms with E-state index in [-0.39, 0.29) is 60.9 Å². The summed E-state index contributed by atoms with van der Waals surface area (Å²) in [5.74, 6) is 0.521. The number of nitrogens with two attached hydrogens (primary N) is 4. The SMILES string of the molecule is NC1(N)COC2=C[NH+]([O-])C(C3=C4OCC(N)(N)COC4=C[NH+]3[O-])=C2OC1. The van der Waals surface area contributed by atoms with Gasteiger partial charge in [-0.05, 0) is 0 Å². The second kappa shape index (κ2) is 5.67. The van der Waals surface area contributed by atoms with E-state index in [4.69, 9.17) is 41.9 Å². The summed E-state index contributed by atoms with van der Waals surface area (Å²) in [6.45, 7) is -0.289. The lowest BCUT2D eigenvalue weighted by molar-refractivity contribution is -0.791. The highest BCUT2D eigenvalue weighted by molar-refractivity contribution is 5.42. The number of hydroxylamine groups is 4. The van der Waals surface area contributed by atoms with Crippen LogP contribution in [-0.4, -0.2) is 37.8 Å². The average molecular weight is 368 g/mol. The van der Waals surface area contributed by atoms with Gasteiger partial charge in [0.15, 0.2) is 0 Å². The molecule has 4 aliphatic heterocycles. The van der Waals surface area contributed by atoms with Crippen LogP contribution in [0.15, 0.2) is 46.8 Å². The summed E-state index contributed by atoms with van der Waals surface area (Å²) in [6, 6.07) is 0. The van der Waals surface area contributed by atoms with Gasteiger partial charge in [0, 0.05) is 0 Å². The van der Waals surface area contributed by atoms with Gasteiger partial charge in [0.1, 0.15) is 50.2 Å². The molecule has 0 aromatic carbocycles. The summed E-state index contributed by atoms with van der Waals surface area (Å²) in [6.07, 6.45) is 2.44. The highest BCUT2D eigenvalue weighted by atomic mass is 16.6. The quantitative estimate of drug-likeness (QED) is 0.193. The third kappa shape index (κ3) is 2.84. The van der Waals surface area contributed by atoms with Crippen LogP contribution < -0.4 is 33.1 Å². The molecule has 0 aromatic heterocycles. The molecule has 0 bridgehead atoms. The van der Waals surface area contributed by atoms with Crippen molar-refractivity contribution in [3.8, 4) is 0 Å². The summed E-state index contributed by atoms with van der Waals surface area (Å²) in [5, 5.41) is 24.1. The Morgan fingerprint density at radius 2 is 1.04 bits per heavy atom. The van der Waals surface area contributed by atoms with Crippen LogP contribution in [0.1, 0.15) is 0 Å². The lowest BCUT2D eigenvalue weighted by atomic mass is 10.2. The lowest BCUT2D eigenvalue weighted by Crippen LogP contribution is -3.07. The average Bonchev–Trinajstić information content (AvgIpc) is 2.91. The van der Waals surface area contributed by atoms with Crippen LogP contribution in [0.4, 0.5) is 0 Å². The highest BCUT2D eigenvalue weighted by Gasteiger charge is 2.45. The van der Waals surface area contributed by atoms with Gasteiger partial charge in [-0.2, -0.15) is 0 Å². The normalized spacial score (nSPS) is 32.1. The molecule has 0 saturated carbocycles. The fourth-order valence-corrected chi connectivity index (χ4v) is 2.88. The van der Waals surface area contributed by atoms with Crippen molar-refractivity contribution in [2.24, 2.45) is 22.9 Å². The van der Waals surface area contributed by atoms with E-state index >= 15 is 0 Å². The molecular weight excluding hydrogens is 348 g/mol. The number of ether oxygens (including phenoxy) is 4. The Hall–Kier alpha value is -2.16. The summed E-state index contributed by atoms with van der Waals surface area (Å²) in [7, 11) is 0. The Bertz CT molecular complexity index is 706. The first kappa shape index (κ1) is 17.3. The van der Waals surface area contributed by atoms with Crippen molar-refractivity contribution in [3.63, 3.8) is 0 Å². The van der Waals surface area contributed by atoms with E-state index in [1.165, 1.54) is 12.4 Å². The summed E-state index contributed by atoms with van der Waals surface area (Å²) >= 11 is 0. The minimum atomic E-state index is -1.23. The Labute approximate surface area is 148 Å². The van der Waals surface area contributed by atoms with E-state index in [1.54, 1.807) is 0 Å². The second-order valence-corrected chi connectivity index (χ2v) is 6.77. The van der Waals surface area contributed by atoms with Gasteiger partial charge in [-0.3, -0.25) is 0 Å². The van der Waals surface area contributed by atoms with Crippen LogP contribution >= 0.6 is 0 Å². The zero-order chi connectivity index (χ0) is 18.7. The molecule has 26 heavy (non-hydrogen) atoms. The van der Waals surface area contributed by atoms with E-state index in [2.05, 4.69) is 0 Å². The van der Waals surface area contributed by atoms with E-state index in [0.717, 1.165) is 0 Å². The van der Waals surface area contributed by atoms with E-state index in [9.17, 15) is 10.4 Å². The maximum absolute atomic E-state index is 12.5. The van der Waals surface area contributed by atoms with Crippen molar-refractivity contribution in [1.29, 1.82) is 0 Å². The molecule has 12 heteroatoms. The summed E-state index contributed by atoms with van der Waals surface area (Å²) < 4.78 is 22.1. The summed E-state index contributed by atoms with van der Waals surface area (Å²) in [4.78, 5) is 0. The van der Waals surface area contributed by atoms with E-state index in [1.807, 2.05) is 0 Å². The predicted molar refractivity (Wildman–Crippen MR) is 84.9 cm³/mol. The maximum atomic E-state index is 12.5. The van der Waals surface area contributed by atoms with Crippen LogP contribution in [-0.2, 0) is 18.9 Å². The highest BCUT2D eigenvalue weighted by Crippen LogP contribution is 2.31. The Balaban J connectivity index is 1.76. The molecule has 142 valence electrons. The molecule has 2 fully saturated rings.